The first-order valence-corrected chi connectivity index (χ1v) is 7.80. The molecular formula is C17H11ClN2S. The minimum atomic E-state index is 0.618. The van der Waals surface area contributed by atoms with E-state index in [1.54, 1.807) is 11.8 Å². The fourth-order valence-corrected chi connectivity index (χ4v) is 3.07. The number of rotatable bonds is 3. The molecule has 0 saturated heterocycles. The SMILES string of the molecule is N#Cc1cc2ccccc2nc1SCc1ccc(Cl)cc1. The lowest BCUT2D eigenvalue weighted by Crippen LogP contribution is -1.90. The third-order valence-electron chi connectivity index (χ3n) is 3.10. The molecule has 3 aromatic rings. The number of aromatic nitrogens is 1. The first-order valence-electron chi connectivity index (χ1n) is 6.43. The lowest BCUT2D eigenvalue weighted by atomic mass is 10.2. The second kappa shape index (κ2) is 6.17. The molecule has 0 radical (unpaired) electrons. The summed E-state index contributed by atoms with van der Waals surface area (Å²) >= 11 is 7.45. The molecule has 0 fully saturated rings. The zero-order chi connectivity index (χ0) is 14.7. The van der Waals surface area contributed by atoms with Crippen molar-refractivity contribution in [3.05, 3.63) is 70.7 Å². The number of nitrogens with zero attached hydrogens (tertiary/aromatic N) is 2. The Balaban J connectivity index is 1.89. The maximum absolute atomic E-state index is 9.29. The maximum atomic E-state index is 9.29. The van der Waals surface area contributed by atoms with E-state index in [0.29, 0.717) is 5.56 Å². The van der Waals surface area contributed by atoms with Crippen molar-refractivity contribution >= 4 is 34.3 Å². The number of hydrogen-bond acceptors (Lipinski definition) is 3. The van der Waals surface area contributed by atoms with E-state index in [1.165, 1.54) is 0 Å². The van der Waals surface area contributed by atoms with E-state index < -0.39 is 0 Å². The molecule has 3 rings (SSSR count). The van der Waals surface area contributed by atoms with Crippen LogP contribution in [0, 0.1) is 11.3 Å². The standard InChI is InChI=1S/C17H11ClN2S/c18-15-7-5-12(6-8-15)11-21-17-14(10-19)9-13-3-1-2-4-16(13)20-17/h1-9H,11H2. The number of halogens is 1. The monoisotopic (exact) mass is 310 g/mol. The predicted molar refractivity (Wildman–Crippen MR) is 87.5 cm³/mol. The average molecular weight is 311 g/mol. The van der Waals surface area contributed by atoms with Gasteiger partial charge < -0.3 is 0 Å². The predicted octanol–water partition coefficient (Wildman–Crippen LogP) is 5.05. The van der Waals surface area contributed by atoms with Gasteiger partial charge in [0.1, 0.15) is 11.1 Å². The van der Waals surface area contributed by atoms with Crippen LogP contribution in [0.25, 0.3) is 10.9 Å². The molecule has 1 aromatic heterocycles. The summed E-state index contributed by atoms with van der Waals surface area (Å²) in [6.07, 6.45) is 0. The minimum Gasteiger partial charge on any atom is -0.240 e. The van der Waals surface area contributed by atoms with Crippen LogP contribution in [-0.2, 0) is 5.75 Å². The molecule has 0 atom stereocenters. The van der Waals surface area contributed by atoms with Crippen molar-refractivity contribution in [2.75, 3.05) is 0 Å². The van der Waals surface area contributed by atoms with Crippen molar-refractivity contribution in [3.8, 4) is 6.07 Å². The van der Waals surface area contributed by atoms with E-state index in [9.17, 15) is 5.26 Å². The van der Waals surface area contributed by atoms with Crippen molar-refractivity contribution in [1.82, 2.24) is 4.98 Å². The second-order valence-electron chi connectivity index (χ2n) is 4.56. The van der Waals surface area contributed by atoms with E-state index >= 15 is 0 Å². The van der Waals surface area contributed by atoms with Gasteiger partial charge in [-0.3, -0.25) is 0 Å². The summed E-state index contributed by atoms with van der Waals surface area (Å²) in [6.45, 7) is 0. The van der Waals surface area contributed by atoms with Crippen molar-refractivity contribution < 1.29 is 0 Å². The highest BCUT2D eigenvalue weighted by Crippen LogP contribution is 2.27. The fourth-order valence-electron chi connectivity index (χ4n) is 2.02. The van der Waals surface area contributed by atoms with Gasteiger partial charge in [0.15, 0.2) is 0 Å². The first kappa shape index (κ1) is 13.9. The maximum Gasteiger partial charge on any atom is 0.115 e. The fraction of sp³-hybridized carbons (Fsp3) is 0.0588. The molecule has 0 aliphatic rings. The van der Waals surface area contributed by atoms with Crippen LogP contribution in [0.2, 0.25) is 5.02 Å². The summed E-state index contributed by atoms with van der Waals surface area (Å²) < 4.78 is 0. The topological polar surface area (TPSA) is 36.7 Å². The zero-order valence-electron chi connectivity index (χ0n) is 11.1. The van der Waals surface area contributed by atoms with Crippen LogP contribution >= 0.6 is 23.4 Å². The Labute approximate surface area is 132 Å². The molecule has 0 N–H and O–H groups in total. The van der Waals surface area contributed by atoms with Gasteiger partial charge in [0.25, 0.3) is 0 Å². The van der Waals surface area contributed by atoms with Gasteiger partial charge in [0.2, 0.25) is 0 Å². The van der Waals surface area contributed by atoms with Gasteiger partial charge in [-0.05, 0) is 29.8 Å². The smallest absolute Gasteiger partial charge is 0.115 e. The van der Waals surface area contributed by atoms with E-state index in [1.807, 2.05) is 54.6 Å². The number of benzene rings is 2. The van der Waals surface area contributed by atoms with Gasteiger partial charge in [-0.25, -0.2) is 4.98 Å². The number of pyridine rings is 1. The highest BCUT2D eigenvalue weighted by Gasteiger charge is 2.07. The average Bonchev–Trinajstić information content (AvgIpc) is 2.53. The third-order valence-corrected chi connectivity index (χ3v) is 4.41. The van der Waals surface area contributed by atoms with Crippen molar-refractivity contribution in [2.24, 2.45) is 0 Å². The highest BCUT2D eigenvalue weighted by atomic mass is 35.5. The van der Waals surface area contributed by atoms with Gasteiger partial charge in [0.05, 0.1) is 11.1 Å². The molecule has 0 amide bonds. The molecule has 4 heteroatoms. The molecule has 102 valence electrons. The van der Waals surface area contributed by atoms with Gasteiger partial charge in [-0.1, -0.05) is 41.9 Å². The molecule has 0 aliphatic carbocycles. The van der Waals surface area contributed by atoms with Crippen LogP contribution < -0.4 is 0 Å². The van der Waals surface area contributed by atoms with E-state index in [2.05, 4.69) is 11.1 Å². The molecule has 0 spiro atoms. The van der Waals surface area contributed by atoms with Crippen molar-refractivity contribution in [1.29, 1.82) is 5.26 Å². The summed E-state index contributed by atoms with van der Waals surface area (Å²) in [5.74, 6) is 0.761. The molecule has 0 bridgehead atoms. The Morgan fingerprint density at radius 3 is 2.62 bits per heavy atom. The number of hydrogen-bond donors (Lipinski definition) is 0. The number of nitriles is 1. The lowest BCUT2D eigenvalue weighted by Gasteiger charge is -2.06. The molecule has 21 heavy (non-hydrogen) atoms. The second-order valence-corrected chi connectivity index (χ2v) is 5.96. The normalized spacial score (nSPS) is 10.5. The largest absolute Gasteiger partial charge is 0.240 e. The summed E-state index contributed by atoms with van der Waals surface area (Å²) in [7, 11) is 0. The molecule has 2 aromatic carbocycles. The van der Waals surface area contributed by atoms with E-state index in [0.717, 1.165) is 32.3 Å². The molecule has 2 nitrogen and oxygen atoms in total. The molecular weight excluding hydrogens is 300 g/mol. The van der Waals surface area contributed by atoms with E-state index in [4.69, 9.17) is 11.6 Å². The summed E-state index contributed by atoms with van der Waals surface area (Å²) in [5, 5.41) is 11.8. The Bertz CT molecular complexity index is 822. The Morgan fingerprint density at radius 1 is 1.10 bits per heavy atom. The summed E-state index contributed by atoms with van der Waals surface area (Å²) in [4.78, 5) is 4.59. The van der Waals surface area contributed by atoms with Crippen LogP contribution in [0.5, 0.6) is 0 Å². The Morgan fingerprint density at radius 2 is 1.86 bits per heavy atom. The third kappa shape index (κ3) is 3.18. The number of para-hydroxylation sites is 1. The van der Waals surface area contributed by atoms with Gasteiger partial charge in [-0.2, -0.15) is 5.26 Å². The Hall–Kier alpha value is -2.02. The molecule has 0 saturated carbocycles. The molecule has 0 unspecified atom stereocenters. The molecule has 1 heterocycles. The summed E-state index contributed by atoms with van der Waals surface area (Å²) in [6, 6.07) is 19.7. The van der Waals surface area contributed by atoms with E-state index in [-0.39, 0.29) is 0 Å². The van der Waals surface area contributed by atoms with Crippen LogP contribution in [0.4, 0.5) is 0 Å². The zero-order valence-corrected chi connectivity index (χ0v) is 12.7. The quantitative estimate of drug-likeness (QED) is 0.635. The van der Waals surface area contributed by atoms with Gasteiger partial charge in [0, 0.05) is 16.2 Å². The molecule has 0 aliphatic heterocycles. The highest BCUT2D eigenvalue weighted by molar-refractivity contribution is 7.98. The van der Waals surface area contributed by atoms with Crippen molar-refractivity contribution in [3.63, 3.8) is 0 Å². The van der Waals surface area contributed by atoms with Crippen LogP contribution in [0.3, 0.4) is 0 Å². The number of thioether (sulfide) groups is 1. The van der Waals surface area contributed by atoms with Crippen LogP contribution in [-0.4, -0.2) is 4.98 Å². The first-order chi connectivity index (χ1) is 10.3. The van der Waals surface area contributed by atoms with Crippen molar-refractivity contribution in [2.45, 2.75) is 10.8 Å². The van der Waals surface area contributed by atoms with Crippen LogP contribution in [0.1, 0.15) is 11.1 Å². The van der Waals surface area contributed by atoms with Gasteiger partial charge >= 0.3 is 0 Å². The number of fused-ring (bicyclic) bond motifs is 1. The van der Waals surface area contributed by atoms with Gasteiger partial charge in [-0.15, -0.1) is 11.8 Å². The van der Waals surface area contributed by atoms with Crippen LogP contribution in [0.15, 0.2) is 59.6 Å². The lowest BCUT2D eigenvalue weighted by molar-refractivity contribution is 1.16. The summed E-state index contributed by atoms with van der Waals surface area (Å²) in [5.41, 5.74) is 2.69. The minimum absolute atomic E-state index is 0.618. The Kier molecular flexibility index (Phi) is 4.10.